The highest BCUT2D eigenvalue weighted by Crippen LogP contribution is 2.37. The molecule has 20 heavy (non-hydrogen) atoms. The molecular weight excluding hydrogens is 329 g/mol. The summed E-state index contributed by atoms with van der Waals surface area (Å²) >= 11 is 15.9. The molecule has 1 aliphatic heterocycles. The normalized spacial score (nSPS) is 14.9. The van der Waals surface area contributed by atoms with E-state index in [1.54, 1.807) is 11.3 Å². The average molecular weight is 344 g/mol. The Morgan fingerprint density at radius 2 is 1.95 bits per heavy atom. The minimum Gasteiger partial charge on any atom is -0.316 e. The Morgan fingerprint density at radius 1 is 1.10 bits per heavy atom. The third-order valence-electron chi connectivity index (χ3n) is 3.42. The zero-order chi connectivity index (χ0) is 13.9. The van der Waals surface area contributed by atoms with Gasteiger partial charge < -0.3 is 5.32 Å². The van der Waals surface area contributed by atoms with Crippen molar-refractivity contribution >= 4 is 46.3 Å². The first-order valence-electron chi connectivity index (χ1n) is 6.62. The van der Waals surface area contributed by atoms with E-state index in [2.05, 4.69) is 17.4 Å². The smallest absolute Gasteiger partial charge is 0.0931 e. The molecule has 2 heterocycles. The molecule has 0 aliphatic carbocycles. The number of fused-ring (bicyclic) bond motifs is 1. The number of halogens is 2. The van der Waals surface area contributed by atoms with Gasteiger partial charge in [0.15, 0.2) is 0 Å². The second-order valence-electron chi connectivity index (χ2n) is 4.76. The lowest BCUT2D eigenvalue weighted by Crippen LogP contribution is -2.16. The minimum atomic E-state index is 0.850. The van der Waals surface area contributed by atoms with Gasteiger partial charge in [-0.25, -0.2) is 0 Å². The zero-order valence-electron chi connectivity index (χ0n) is 10.9. The molecule has 1 aromatic carbocycles. The van der Waals surface area contributed by atoms with Crippen LogP contribution >= 0.6 is 46.3 Å². The number of hydrogen-bond donors (Lipinski definition) is 1. The first-order chi connectivity index (χ1) is 9.74. The molecule has 1 aliphatic rings. The van der Waals surface area contributed by atoms with Crippen molar-refractivity contribution in [3.05, 3.63) is 49.6 Å². The summed E-state index contributed by atoms with van der Waals surface area (Å²) in [6, 6.07) is 8.27. The molecule has 0 fully saturated rings. The monoisotopic (exact) mass is 343 g/mol. The molecule has 0 bridgehead atoms. The summed E-state index contributed by atoms with van der Waals surface area (Å²) in [6.45, 7) is 2.09. The number of thioether (sulfide) groups is 1. The Bertz CT molecular complexity index is 610. The fourth-order valence-corrected chi connectivity index (χ4v) is 5.07. The minimum absolute atomic E-state index is 0.850. The van der Waals surface area contributed by atoms with Crippen LogP contribution in [0.2, 0.25) is 9.36 Å². The summed E-state index contributed by atoms with van der Waals surface area (Å²) < 4.78 is 0.850. The largest absolute Gasteiger partial charge is 0.316 e. The van der Waals surface area contributed by atoms with Crippen LogP contribution in [-0.2, 0) is 18.6 Å². The zero-order valence-corrected chi connectivity index (χ0v) is 14.1. The van der Waals surface area contributed by atoms with Crippen LogP contribution in [0.1, 0.15) is 16.0 Å². The summed E-state index contributed by atoms with van der Waals surface area (Å²) in [5.74, 6) is 0.932. The average Bonchev–Trinajstić information content (AvgIpc) is 2.71. The Hall–Kier alpha value is -0.190. The molecule has 5 heteroatoms. The molecule has 0 amide bonds. The van der Waals surface area contributed by atoms with Gasteiger partial charge in [0.05, 0.1) is 9.36 Å². The van der Waals surface area contributed by atoms with Gasteiger partial charge >= 0.3 is 0 Å². The van der Waals surface area contributed by atoms with Crippen LogP contribution in [0.25, 0.3) is 0 Å². The summed E-state index contributed by atoms with van der Waals surface area (Å²) in [4.78, 5) is 2.54. The van der Waals surface area contributed by atoms with Gasteiger partial charge in [-0.2, -0.15) is 0 Å². The van der Waals surface area contributed by atoms with E-state index >= 15 is 0 Å². The van der Waals surface area contributed by atoms with E-state index < -0.39 is 0 Å². The second kappa shape index (κ2) is 6.71. The Labute approximate surface area is 137 Å². The third kappa shape index (κ3) is 3.34. The predicted molar refractivity (Wildman–Crippen MR) is 90.6 cm³/mol. The maximum atomic E-state index is 6.42. The number of nitrogens with one attached hydrogen (secondary N) is 1. The highest BCUT2D eigenvalue weighted by Gasteiger charge is 2.15. The highest BCUT2D eigenvalue weighted by atomic mass is 35.5. The summed E-state index contributed by atoms with van der Waals surface area (Å²) in [5.41, 5.74) is 2.86. The van der Waals surface area contributed by atoms with Gasteiger partial charge in [0, 0.05) is 15.5 Å². The van der Waals surface area contributed by atoms with Gasteiger partial charge in [0.2, 0.25) is 0 Å². The molecular formula is C15H15Cl2NS2. The van der Waals surface area contributed by atoms with Crippen molar-refractivity contribution in [1.29, 1.82) is 0 Å². The summed E-state index contributed by atoms with van der Waals surface area (Å²) in [5, 5.41) is 4.32. The van der Waals surface area contributed by atoms with E-state index in [9.17, 15) is 0 Å². The fourth-order valence-electron chi connectivity index (χ4n) is 2.44. The Morgan fingerprint density at radius 3 is 2.75 bits per heavy atom. The third-order valence-corrected chi connectivity index (χ3v) is 6.47. The Kier molecular flexibility index (Phi) is 4.95. The van der Waals surface area contributed by atoms with Crippen molar-refractivity contribution in [2.75, 3.05) is 13.1 Å². The van der Waals surface area contributed by atoms with Crippen molar-refractivity contribution in [2.24, 2.45) is 0 Å². The Balaban J connectivity index is 1.84. The molecule has 0 saturated carbocycles. The van der Waals surface area contributed by atoms with E-state index in [0.29, 0.717) is 0 Å². The lowest BCUT2D eigenvalue weighted by Gasteiger charge is -2.13. The lowest BCUT2D eigenvalue weighted by molar-refractivity contribution is 0.709. The van der Waals surface area contributed by atoms with Crippen LogP contribution in [0, 0.1) is 0 Å². The van der Waals surface area contributed by atoms with E-state index in [1.807, 2.05) is 23.9 Å². The van der Waals surface area contributed by atoms with Crippen molar-refractivity contribution in [2.45, 2.75) is 23.5 Å². The maximum absolute atomic E-state index is 6.42. The highest BCUT2D eigenvalue weighted by molar-refractivity contribution is 7.98. The van der Waals surface area contributed by atoms with Crippen molar-refractivity contribution in [1.82, 2.24) is 5.32 Å². The molecule has 106 valence electrons. The van der Waals surface area contributed by atoms with Crippen molar-refractivity contribution < 1.29 is 0 Å². The predicted octanol–water partition coefficient (Wildman–Crippen LogP) is 5.04. The second-order valence-corrected chi connectivity index (χ2v) is 7.95. The van der Waals surface area contributed by atoms with Crippen LogP contribution in [0.4, 0.5) is 0 Å². The molecule has 2 aromatic rings. The van der Waals surface area contributed by atoms with Crippen LogP contribution in [0.3, 0.4) is 0 Å². The number of rotatable bonds is 3. The van der Waals surface area contributed by atoms with Gasteiger partial charge in [-0.05, 0) is 55.3 Å². The molecule has 0 unspecified atom stereocenters. The van der Waals surface area contributed by atoms with Gasteiger partial charge in [0.1, 0.15) is 0 Å². The van der Waals surface area contributed by atoms with Gasteiger partial charge in [-0.1, -0.05) is 29.3 Å². The lowest BCUT2D eigenvalue weighted by atomic mass is 10.0. The fraction of sp³-hybridized carbons (Fsp3) is 0.333. The van der Waals surface area contributed by atoms with Crippen LogP contribution in [0.5, 0.6) is 0 Å². The summed E-state index contributed by atoms with van der Waals surface area (Å²) in [6.07, 6.45) is 2.15. The van der Waals surface area contributed by atoms with E-state index in [0.717, 1.165) is 41.0 Å². The van der Waals surface area contributed by atoms with E-state index in [4.69, 9.17) is 23.2 Å². The standard InChI is InChI=1S/C15H15Cl2NS2/c16-13-3-1-10-5-7-18-8-6-12(10)15(13)19-9-11-2-4-14(17)20-11/h1-4,18H,5-9H2. The molecule has 1 aromatic heterocycles. The van der Waals surface area contributed by atoms with Gasteiger partial charge in [-0.15, -0.1) is 23.1 Å². The van der Waals surface area contributed by atoms with Crippen LogP contribution in [-0.4, -0.2) is 13.1 Å². The molecule has 1 N–H and O–H groups in total. The van der Waals surface area contributed by atoms with Crippen LogP contribution < -0.4 is 5.32 Å². The van der Waals surface area contributed by atoms with Crippen molar-refractivity contribution in [3.63, 3.8) is 0 Å². The first-order valence-corrected chi connectivity index (χ1v) is 9.18. The van der Waals surface area contributed by atoms with Crippen LogP contribution in [0.15, 0.2) is 29.2 Å². The summed E-state index contributed by atoms with van der Waals surface area (Å²) in [7, 11) is 0. The van der Waals surface area contributed by atoms with E-state index in [1.165, 1.54) is 20.9 Å². The maximum Gasteiger partial charge on any atom is 0.0931 e. The van der Waals surface area contributed by atoms with Gasteiger partial charge in [0.25, 0.3) is 0 Å². The quantitative estimate of drug-likeness (QED) is 0.784. The van der Waals surface area contributed by atoms with Crippen molar-refractivity contribution in [3.8, 4) is 0 Å². The van der Waals surface area contributed by atoms with E-state index in [-0.39, 0.29) is 0 Å². The number of thiophene rings is 1. The molecule has 0 saturated heterocycles. The number of hydrogen-bond acceptors (Lipinski definition) is 3. The molecule has 0 spiro atoms. The molecule has 1 nitrogen and oxygen atoms in total. The first kappa shape index (κ1) is 14.7. The molecule has 0 atom stereocenters. The topological polar surface area (TPSA) is 12.0 Å². The number of benzene rings is 1. The van der Waals surface area contributed by atoms with Gasteiger partial charge in [-0.3, -0.25) is 0 Å². The molecule has 3 rings (SSSR count). The molecule has 0 radical (unpaired) electrons. The SMILES string of the molecule is Clc1ccc(CSc2c(Cl)ccc3c2CCNCC3)s1.